The van der Waals surface area contributed by atoms with Gasteiger partial charge in [0.25, 0.3) is 5.56 Å². The van der Waals surface area contributed by atoms with Crippen molar-refractivity contribution in [1.82, 2.24) is 9.97 Å². The smallest absolute Gasteiger partial charge is 0.353 e. The summed E-state index contributed by atoms with van der Waals surface area (Å²) in [4.78, 5) is 32.6. The van der Waals surface area contributed by atoms with Gasteiger partial charge in [0.05, 0.1) is 6.61 Å². The summed E-state index contributed by atoms with van der Waals surface area (Å²) in [5, 5.41) is 4.19. The number of H-pyrrole nitrogens is 1. The van der Waals surface area contributed by atoms with Gasteiger partial charge in [-0.1, -0.05) is 0 Å². The zero-order valence-electron chi connectivity index (χ0n) is 10.8. The van der Waals surface area contributed by atoms with E-state index in [1.54, 1.807) is 0 Å². The normalized spacial score (nSPS) is 28.2. The van der Waals surface area contributed by atoms with Gasteiger partial charge in [-0.25, -0.2) is 5.06 Å². The molecule has 12 heteroatoms. The second-order valence-electron chi connectivity index (χ2n) is 4.51. The van der Waals surface area contributed by atoms with Crippen LogP contribution in [0, 0.1) is 0 Å². The van der Waals surface area contributed by atoms with Crippen LogP contribution in [0.15, 0.2) is 4.79 Å². The molecule has 2 atom stereocenters. The Morgan fingerprint density at radius 3 is 3.14 bits per heavy atom. The summed E-state index contributed by atoms with van der Waals surface area (Å²) < 4.78 is 21.1. The van der Waals surface area contributed by atoms with Crippen molar-refractivity contribution in [1.29, 1.82) is 0 Å². The van der Waals surface area contributed by atoms with Gasteiger partial charge in [-0.3, -0.25) is 19.2 Å². The first kappa shape index (κ1) is 14.3. The third-order valence-corrected chi connectivity index (χ3v) is 3.93. The van der Waals surface area contributed by atoms with Crippen LogP contribution in [0.3, 0.4) is 0 Å². The molecule has 2 aliphatic rings. The quantitative estimate of drug-likeness (QED) is 0.512. The molecule has 11 nitrogen and oxygen atoms in total. The fourth-order valence-corrected chi connectivity index (χ4v) is 2.78. The lowest BCUT2D eigenvalue weighted by Gasteiger charge is -2.27. The topological polar surface area (TPSA) is 152 Å². The van der Waals surface area contributed by atoms with Gasteiger partial charge < -0.3 is 25.2 Å². The number of aromatic nitrogens is 2. The Labute approximate surface area is 118 Å². The summed E-state index contributed by atoms with van der Waals surface area (Å²) in [6, 6.07) is 0. The second-order valence-corrected chi connectivity index (χ2v) is 6.30. The van der Waals surface area contributed by atoms with Crippen LogP contribution in [0.5, 0.6) is 0 Å². The van der Waals surface area contributed by atoms with E-state index in [4.69, 9.17) is 24.7 Å². The molecule has 0 aliphatic carbocycles. The number of ether oxygens (including phenoxy) is 1. The lowest BCUT2D eigenvalue weighted by Crippen LogP contribution is -2.34. The monoisotopic (exact) mass is 319 g/mol. The lowest BCUT2D eigenvalue weighted by atomic mass is 10.4. The number of hydrogen-bond acceptors (Lipinski definition) is 9. The molecule has 5 N–H and O–H groups in total. The summed E-state index contributed by atoms with van der Waals surface area (Å²) in [6.07, 6.45) is -0.858. The zero-order valence-corrected chi connectivity index (χ0v) is 11.7. The van der Waals surface area contributed by atoms with Gasteiger partial charge in [-0.15, -0.1) is 0 Å². The largest absolute Gasteiger partial charge is 0.369 e. The predicted molar refractivity (Wildman–Crippen MR) is 71.7 cm³/mol. The molecular formula is C9H14N5O6P. The van der Waals surface area contributed by atoms with E-state index in [0.29, 0.717) is 0 Å². The Kier molecular flexibility index (Phi) is 3.59. The Balaban J connectivity index is 1.62. The van der Waals surface area contributed by atoms with Gasteiger partial charge in [0, 0.05) is 0 Å². The van der Waals surface area contributed by atoms with Gasteiger partial charge in [0.2, 0.25) is 5.95 Å². The highest BCUT2D eigenvalue weighted by molar-refractivity contribution is 7.52. The van der Waals surface area contributed by atoms with Gasteiger partial charge in [-0.2, -0.15) is 4.98 Å². The number of nitrogen functional groups attached to an aromatic ring is 1. The van der Waals surface area contributed by atoms with E-state index >= 15 is 0 Å². The van der Waals surface area contributed by atoms with Crippen molar-refractivity contribution in [3.63, 3.8) is 0 Å². The average Bonchev–Trinajstić information content (AvgIpc) is 2.81. The summed E-state index contributed by atoms with van der Waals surface area (Å²) in [6.45, 7) is 0.253. The number of aromatic amines is 1. The molecule has 2 aliphatic heterocycles. The molecule has 0 bridgehead atoms. The van der Waals surface area contributed by atoms with E-state index in [1.807, 2.05) is 0 Å². The number of hydroxylamine groups is 1. The number of nitrogens with two attached hydrogens (primary N) is 1. The maximum atomic E-state index is 11.6. The van der Waals surface area contributed by atoms with Crippen LogP contribution in [-0.2, 0) is 18.7 Å². The fourth-order valence-electron chi connectivity index (χ4n) is 1.90. The van der Waals surface area contributed by atoms with Gasteiger partial charge in [0.15, 0.2) is 5.82 Å². The van der Waals surface area contributed by atoms with Crippen LogP contribution >= 0.6 is 7.60 Å². The minimum atomic E-state index is -3.62. The molecule has 0 spiro atoms. The van der Waals surface area contributed by atoms with E-state index in [2.05, 4.69) is 15.3 Å². The average molecular weight is 319 g/mol. The van der Waals surface area contributed by atoms with Crippen molar-refractivity contribution in [2.45, 2.75) is 6.10 Å². The van der Waals surface area contributed by atoms with Crippen LogP contribution < -0.4 is 21.7 Å². The van der Waals surface area contributed by atoms with Crippen LogP contribution in [-0.4, -0.2) is 47.2 Å². The number of hydrogen-bond donors (Lipinski definition) is 4. The molecule has 3 rings (SSSR count). The molecule has 0 radical (unpaired) electrons. The van der Waals surface area contributed by atoms with Gasteiger partial charge in [-0.05, 0) is 0 Å². The maximum Gasteiger partial charge on any atom is 0.353 e. The predicted octanol–water partition coefficient (Wildman–Crippen LogP) is -0.969. The van der Waals surface area contributed by atoms with Crippen LogP contribution in [0.4, 0.5) is 17.5 Å². The SMILES string of the molecule is Nc1nc2c(c(=O)[nH]1)NCN2OCC1COP(=O)(O)CO1. The van der Waals surface area contributed by atoms with Crippen LogP contribution in [0.2, 0.25) is 0 Å². The number of rotatable bonds is 3. The fraction of sp³-hybridized carbons (Fsp3) is 0.556. The summed E-state index contributed by atoms with van der Waals surface area (Å²) in [5.41, 5.74) is 5.36. The standard InChI is InChI=1S/C9H14N5O6P/c10-9-12-7-6(8(15)13-9)11-3-14(7)19-1-5-2-20-21(16,17)4-18-5/h5,11H,1-4H2,(H,16,17)(H3,10,12,13,15). The molecule has 21 heavy (non-hydrogen) atoms. The highest BCUT2D eigenvalue weighted by atomic mass is 31.2. The number of nitrogens with one attached hydrogen (secondary N) is 2. The maximum absolute atomic E-state index is 11.6. The van der Waals surface area contributed by atoms with E-state index in [1.165, 1.54) is 5.06 Å². The summed E-state index contributed by atoms with van der Waals surface area (Å²) in [5.74, 6) is 0.260. The minimum absolute atomic E-state index is 0.0190. The van der Waals surface area contributed by atoms with Crippen LogP contribution in [0.25, 0.3) is 0 Å². The third kappa shape index (κ3) is 3.01. The Hall–Kier alpha value is -1.65. The highest BCUT2D eigenvalue weighted by Gasteiger charge is 2.31. The lowest BCUT2D eigenvalue weighted by molar-refractivity contribution is -0.0529. The van der Waals surface area contributed by atoms with E-state index in [-0.39, 0.29) is 49.2 Å². The molecule has 1 fully saturated rings. The zero-order chi connectivity index (χ0) is 15.0. The Morgan fingerprint density at radius 1 is 1.62 bits per heavy atom. The van der Waals surface area contributed by atoms with Crippen LogP contribution in [0.1, 0.15) is 0 Å². The first-order chi connectivity index (χ1) is 9.94. The molecular weight excluding hydrogens is 305 g/mol. The molecule has 1 saturated heterocycles. The molecule has 116 valence electrons. The summed E-state index contributed by atoms with van der Waals surface area (Å²) >= 11 is 0. The first-order valence-corrected chi connectivity index (χ1v) is 7.83. The van der Waals surface area contributed by atoms with Gasteiger partial charge >= 0.3 is 7.60 Å². The molecule has 3 heterocycles. The molecule has 0 amide bonds. The Morgan fingerprint density at radius 2 is 2.43 bits per heavy atom. The van der Waals surface area contributed by atoms with E-state index in [0.717, 1.165) is 0 Å². The Bertz CT molecular complexity index is 638. The molecule has 0 saturated carbocycles. The molecule has 1 aromatic heterocycles. The number of fused-ring (bicyclic) bond motifs is 1. The number of anilines is 3. The third-order valence-electron chi connectivity index (χ3n) is 2.91. The highest BCUT2D eigenvalue weighted by Crippen LogP contribution is 2.44. The van der Waals surface area contributed by atoms with Crippen molar-refractivity contribution in [3.8, 4) is 0 Å². The van der Waals surface area contributed by atoms with Crippen molar-refractivity contribution in [2.24, 2.45) is 0 Å². The number of nitrogens with zero attached hydrogens (tertiary/aromatic N) is 2. The molecule has 1 aromatic rings. The van der Waals surface area contributed by atoms with Crippen molar-refractivity contribution < 1.29 is 23.6 Å². The van der Waals surface area contributed by atoms with Crippen molar-refractivity contribution in [3.05, 3.63) is 10.4 Å². The van der Waals surface area contributed by atoms with Crippen molar-refractivity contribution >= 4 is 25.0 Å². The first-order valence-electron chi connectivity index (χ1n) is 6.07. The minimum Gasteiger partial charge on any atom is -0.369 e. The van der Waals surface area contributed by atoms with E-state index < -0.39 is 13.7 Å². The van der Waals surface area contributed by atoms with Crippen molar-refractivity contribution in [2.75, 3.05) is 42.3 Å². The van der Waals surface area contributed by atoms with Gasteiger partial charge in [0.1, 0.15) is 31.4 Å². The van der Waals surface area contributed by atoms with E-state index in [9.17, 15) is 9.36 Å². The summed E-state index contributed by atoms with van der Waals surface area (Å²) in [7, 11) is -3.62. The molecule has 2 unspecified atom stereocenters. The second kappa shape index (κ2) is 5.28. The molecule has 0 aromatic carbocycles.